The molecule has 0 bridgehead atoms. The fraction of sp³-hybridized carbons (Fsp3) is 0.758. The van der Waals surface area contributed by atoms with E-state index in [-0.39, 0.29) is 25.2 Å². The summed E-state index contributed by atoms with van der Waals surface area (Å²) < 4.78 is 10.5. The molecule has 220 valence electrons. The Morgan fingerprint density at radius 2 is 1.13 bits per heavy atom. The normalized spacial score (nSPS) is 12.6. The molecule has 0 amide bonds. The summed E-state index contributed by atoms with van der Waals surface area (Å²) in [6.45, 7) is 3.96. The number of aliphatic hydroxyl groups is 1. The molecule has 5 nitrogen and oxygen atoms in total. The van der Waals surface area contributed by atoms with E-state index in [1.165, 1.54) is 51.4 Å². The van der Waals surface area contributed by atoms with Gasteiger partial charge in [-0.25, -0.2) is 0 Å². The molecule has 0 aromatic carbocycles. The van der Waals surface area contributed by atoms with E-state index in [1.54, 1.807) is 0 Å². The highest BCUT2D eigenvalue weighted by Crippen LogP contribution is 2.12. The van der Waals surface area contributed by atoms with Crippen molar-refractivity contribution < 1.29 is 24.2 Å². The van der Waals surface area contributed by atoms with E-state index >= 15 is 0 Å². The standard InChI is InChI=1S/C33H58O5/c1-3-5-7-9-11-13-14-15-16-17-18-20-21-23-25-27-32(35)37-30-31(29-34)38-33(36)28-26-24-22-19-12-10-8-6-4-2/h5,7,11,13,15-16,31,34H,3-4,6,8-10,12,14,17-30H2,1-2H3. The van der Waals surface area contributed by atoms with Crippen LogP contribution in [-0.4, -0.2) is 36.4 Å². The molecule has 0 saturated heterocycles. The lowest BCUT2D eigenvalue weighted by atomic mass is 10.1. The Balaban J connectivity index is 3.63. The van der Waals surface area contributed by atoms with Gasteiger partial charge in [0.15, 0.2) is 6.10 Å². The van der Waals surface area contributed by atoms with Crippen molar-refractivity contribution in [2.24, 2.45) is 0 Å². The molecule has 0 aromatic rings. The highest BCUT2D eigenvalue weighted by atomic mass is 16.6. The first-order valence-corrected chi connectivity index (χ1v) is 15.5. The van der Waals surface area contributed by atoms with Crippen LogP contribution in [0.25, 0.3) is 0 Å². The molecule has 38 heavy (non-hydrogen) atoms. The number of rotatable bonds is 27. The molecule has 0 aliphatic carbocycles. The average Bonchev–Trinajstić information content (AvgIpc) is 2.92. The van der Waals surface area contributed by atoms with Gasteiger partial charge in [-0.1, -0.05) is 121 Å². The third kappa shape index (κ3) is 27.2. The van der Waals surface area contributed by atoms with Crippen molar-refractivity contribution in [2.75, 3.05) is 13.2 Å². The summed E-state index contributed by atoms with van der Waals surface area (Å²) in [7, 11) is 0. The first kappa shape index (κ1) is 36.1. The largest absolute Gasteiger partial charge is 0.462 e. The molecule has 1 unspecified atom stereocenters. The van der Waals surface area contributed by atoms with Crippen molar-refractivity contribution in [3.05, 3.63) is 36.5 Å². The molecule has 1 atom stereocenters. The Hall–Kier alpha value is -1.88. The number of unbranched alkanes of at least 4 members (excludes halogenated alkanes) is 13. The van der Waals surface area contributed by atoms with Gasteiger partial charge in [0, 0.05) is 12.8 Å². The predicted octanol–water partition coefficient (Wildman–Crippen LogP) is 8.94. The van der Waals surface area contributed by atoms with E-state index in [1.807, 2.05) is 0 Å². The lowest BCUT2D eigenvalue weighted by molar-refractivity contribution is -0.161. The second-order valence-electron chi connectivity index (χ2n) is 10.2. The molecule has 1 N–H and O–H groups in total. The monoisotopic (exact) mass is 534 g/mol. The summed E-state index contributed by atoms with van der Waals surface area (Å²) in [5, 5.41) is 9.46. The van der Waals surface area contributed by atoms with Crippen LogP contribution in [0.2, 0.25) is 0 Å². The predicted molar refractivity (Wildman–Crippen MR) is 159 cm³/mol. The number of carbonyl (C=O) groups is 2. The molecule has 0 fully saturated rings. The number of esters is 2. The molecule has 0 rings (SSSR count). The number of aliphatic hydroxyl groups excluding tert-OH is 1. The molecule has 0 saturated carbocycles. The Bertz CT molecular complexity index is 623. The maximum Gasteiger partial charge on any atom is 0.306 e. The zero-order chi connectivity index (χ0) is 27.9. The summed E-state index contributed by atoms with van der Waals surface area (Å²) in [4.78, 5) is 24.0. The van der Waals surface area contributed by atoms with Crippen LogP contribution >= 0.6 is 0 Å². The van der Waals surface area contributed by atoms with Crippen molar-refractivity contribution in [1.29, 1.82) is 0 Å². The lowest BCUT2D eigenvalue weighted by Gasteiger charge is -2.15. The van der Waals surface area contributed by atoms with Crippen LogP contribution in [0.4, 0.5) is 0 Å². The second-order valence-corrected chi connectivity index (χ2v) is 10.2. The molecule has 0 aliphatic rings. The Morgan fingerprint density at radius 1 is 0.632 bits per heavy atom. The van der Waals surface area contributed by atoms with Crippen molar-refractivity contribution in [3.8, 4) is 0 Å². The van der Waals surface area contributed by atoms with Crippen molar-refractivity contribution in [1.82, 2.24) is 0 Å². The Morgan fingerprint density at radius 3 is 1.71 bits per heavy atom. The summed E-state index contributed by atoms with van der Waals surface area (Å²) in [6, 6.07) is 0. The van der Waals surface area contributed by atoms with Crippen LogP contribution in [0, 0.1) is 0 Å². The number of carbonyl (C=O) groups excluding carboxylic acids is 2. The lowest BCUT2D eigenvalue weighted by Crippen LogP contribution is -2.28. The minimum absolute atomic E-state index is 0.0736. The quantitative estimate of drug-likeness (QED) is 0.0647. The van der Waals surface area contributed by atoms with Gasteiger partial charge in [0.25, 0.3) is 0 Å². The fourth-order valence-corrected chi connectivity index (χ4v) is 4.10. The molecule has 0 aromatic heterocycles. The van der Waals surface area contributed by atoms with Crippen LogP contribution in [0.1, 0.15) is 142 Å². The smallest absolute Gasteiger partial charge is 0.306 e. The molecule has 5 heteroatoms. The molecular formula is C33H58O5. The number of allylic oxidation sites excluding steroid dienone is 6. The summed E-state index contributed by atoms with van der Waals surface area (Å²) >= 11 is 0. The first-order chi connectivity index (χ1) is 18.6. The number of hydrogen-bond donors (Lipinski definition) is 1. The highest BCUT2D eigenvalue weighted by Gasteiger charge is 2.16. The van der Waals surface area contributed by atoms with Crippen LogP contribution in [0.3, 0.4) is 0 Å². The minimum Gasteiger partial charge on any atom is -0.462 e. The average molecular weight is 535 g/mol. The number of ether oxygens (including phenoxy) is 2. The summed E-state index contributed by atoms with van der Waals surface area (Å²) in [5.41, 5.74) is 0. The van der Waals surface area contributed by atoms with Crippen LogP contribution in [0.15, 0.2) is 36.5 Å². The third-order valence-corrected chi connectivity index (χ3v) is 6.45. The van der Waals surface area contributed by atoms with Crippen molar-refractivity contribution >= 4 is 11.9 Å². The molecular weight excluding hydrogens is 476 g/mol. The van der Waals surface area contributed by atoms with E-state index in [2.05, 4.69) is 50.3 Å². The molecule has 0 heterocycles. The second kappa shape index (κ2) is 29.7. The molecule has 0 radical (unpaired) electrons. The third-order valence-electron chi connectivity index (χ3n) is 6.45. The van der Waals surface area contributed by atoms with E-state index in [0.29, 0.717) is 12.8 Å². The highest BCUT2D eigenvalue weighted by molar-refractivity contribution is 5.70. The van der Waals surface area contributed by atoms with Gasteiger partial charge in [-0.3, -0.25) is 9.59 Å². The fourth-order valence-electron chi connectivity index (χ4n) is 4.10. The zero-order valence-corrected chi connectivity index (χ0v) is 24.7. The van der Waals surface area contributed by atoms with Gasteiger partial charge in [0.2, 0.25) is 0 Å². The molecule has 0 aliphatic heterocycles. The summed E-state index contributed by atoms with van der Waals surface area (Å²) in [6.07, 6.45) is 33.4. The van der Waals surface area contributed by atoms with E-state index in [4.69, 9.17) is 9.47 Å². The summed E-state index contributed by atoms with van der Waals surface area (Å²) in [5.74, 6) is -0.617. The van der Waals surface area contributed by atoms with Gasteiger partial charge in [0.1, 0.15) is 6.61 Å². The van der Waals surface area contributed by atoms with E-state index < -0.39 is 6.10 Å². The van der Waals surface area contributed by atoms with Gasteiger partial charge in [0.05, 0.1) is 6.61 Å². The van der Waals surface area contributed by atoms with Gasteiger partial charge in [-0.15, -0.1) is 0 Å². The van der Waals surface area contributed by atoms with E-state index in [0.717, 1.165) is 64.2 Å². The first-order valence-electron chi connectivity index (χ1n) is 15.5. The van der Waals surface area contributed by atoms with E-state index in [9.17, 15) is 14.7 Å². The van der Waals surface area contributed by atoms with Crippen LogP contribution < -0.4 is 0 Å². The Labute approximate surface area is 234 Å². The van der Waals surface area contributed by atoms with Crippen molar-refractivity contribution in [2.45, 2.75) is 148 Å². The van der Waals surface area contributed by atoms with Crippen LogP contribution in [-0.2, 0) is 19.1 Å². The van der Waals surface area contributed by atoms with Gasteiger partial charge < -0.3 is 14.6 Å². The van der Waals surface area contributed by atoms with Crippen LogP contribution in [0.5, 0.6) is 0 Å². The van der Waals surface area contributed by atoms with Crippen molar-refractivity contribution in [3.63, 3.8) is 0 Å². The van der Waals surface area contributed by atoms with Gasteiger partial charge >= 0.3 is 11.9 Å². The minimum atomic E-state index is -0.772. The topological polar surface area (TPSA) is 72.8 Å². The van der Waals surface area contributed by atoms with Gasteiger partial charge in [-0.05, 0) is 44.9 Å². The Kier molecular flexibility index (Phi) is 28.2. The maximum atomic E-state index is 12.0. The maximum absolute atomic E-state index is 12.0. The molecule has 0 spiro atoms. The zero-order valence-electron chi connectivity index (χ0n) is 24.7. The SMILES string of the molecule is CCC=CCC=CCC=CCCCCCCCC(=O)OCC(CO)OC(=O)CCCCCCCCCCC. The number of hydrogen-bond acceptors (Lipinski definition) is 5. The van der Waals surface area contributed by atoms with Gasteiger partial charge in [-0.2, -0.15) is 0 Å².